The molecule has 0 atom stereocenters. The first-order chi connectivity index (χ1) is 13.7. The Balaban J connectivity index is 2.29. The minimum Gasteiger partial charge on any atom is -0.487 e. The highest BCUT2D eigenvalue weighted by Gasteiger charge is 2.10. The van der Waals surface area contributed by atoms with Crippen LogP contribution in [-0.2, 0) is 18.9 Å². The Morgan fingerprint density at radius 2 is 0.857 bits per heavy atom. The van der Waals surface area contributed by atoms with Gasteiger partial charge in [0.05, 0.1) is 66.1 Å². The second-order valence-corrected chi connectivity index (χ2v) is 7.63. The predicted molar refractivity (Wildman–Crippen MR) is 120 cm³/mol. The largest absolute Gasteiger partial charge is 0.487 e. The van der Waals surface area contributed by atoms with Gasteiger partial charge in [-0.3, -0.25) is 0 Å². The number of halogens is 2. The van der Waals surface area contributed by atoms with Crippen LogP contribution in [0.15, 0.2) is 12.1 Å². The zero-order chi connectivity index (χ0) is 20.5. The van der Waals surface area contributed by atoms with Crippen LogP contribution in [0.5, 0.6) is 11.5 Å². The number of benzene rings is 1. The molecule has 28 heavy (non-hydrogen) atoms. The number of aliphatic hydroxyl groups is 2. The zero-order valence-corrected chi connectivity index (χ0v) is 20.1. The maximum Gasteiger partial charge on any atom is 0.162 e. The van der Waals surface area contributed by atoms with Crippen molar-refractivity contribution in [2.45, 2.75) is 0 Å². The van der Waals surface area contributed by atoms with E-state index in [0.717, 1.165) is 7.14 Å². The topological polar surface area (TPSA) is 95.8 Å². The van der Waals surface area contributed by atoms with Crippen molar-refractivity contribution < 1.29 is 38.6 Å². The van der Waals surface area contributed by atoms with Crippen molar-refractivity contribution >= 4 is 45.2 Å². The fraction of sp³-hybridized carbons (Fsp3) is 0.667. The van der Waals surface area contributed by atoms with E-state index in [1.165, 1.54) is 0 Å². The number of rotatable bonds is 18. The summed E-state index contributed by atoms with van der Waals surface area (Å²) in [6.07, 6.45) is 0. The van der Waals surface area contributed by atoms with Gasteiger partial charge in [-0.1, -0.05) is 0 Å². The average molecular weight is 626 g/mol. The molecule has 0 saturated heterocycles. The van der Waals surface area contributed by atoms with Crippen LogP contribution in [0.2, 0.25) is 0 Å². The Kier molecular flexibility index (Phi) is 16.6. The van der Waals surface area contributed by atoms with Crippen LogP contribution in [0.25, 0.3) is 0 Å². The minimum atomic E-state index is 0.0138. The van der Waals surface area contributed by atoms with Gasteiger partial charge in [-0.15, -0.1) is 0 Å². The molecule has 0 fully saturated rings. The van der Waals surface area contributed by atoms with E-state index in [2.05, 4.69) is 45.2 Å². The highest BCUT2D eigenvalue weighted by molar-refractivity contribution is 14.1. The van der Waals surface area contributed by atoms with E-state index in [0.29, 0.717) is 77.6 Å². The highest BCUT2D eigenvalue weighted by atomic mass is 127. The molecule has 0 unspecified atom stereocenters. The average Bonchev–Trinajstić information content (AvgIpc) is 2.69. The third-order valence-corrected chi connectivity index (χ3v) is 5.99. The molecule has 1 rings (SSSR count). The number of hydrogen-bond acceptors (Lipinski definition) is 8. The van der Waals surface area contributed by atoms with Crippen LogP contribution in [0.4, 0.5) is 0 Å². The fourth-order valence-electron chi connectivity index (χ4n) is 1.93. The molecular weight excluding hydrogens is 598 g/mol. The van der Waals surface area contributed by atoms with Gasteiger partial charge in [0.25, 0.3) is 0 Å². The van der Waals surface area contributed by atoms with Gasteiger partial charge in [0.2, 0.25) is 0 Å². The lowest BCUT2D eigenvalue weighted by molar-refractivity contribution is 0.0222. The maximum absolute atomic E-state index is 8.62. The third kappa shape index (κ3) is 12.6. The number of ether oxygens (including phenoxy) is 6. The first-order valence-corrected chi connectivity index (χ1v) is 11.1. The molecule has 0 spiro atoms. The van der Waals surface area contributed by atoms with Gasteiger partial charge in [-0.2, -0.15) is 0 Å². The zero-order valence-electron chi connectivity index (χ0n) is 15.7. The molecule has 1 aromatic rings. The van der Waals surface area contributed by atoms with Gasteiger partial charge in [-0.05, 0) is 57.3 Å². The van der Waals surface area contributed by atoms with Crippen LogP contribution in [-0.4, -0.2) is 89.5 Å². The Hall–Kier alpha value is 0.0400. The van der Waals surface area contributed by atoms with E-state index in [9.17, 15) is 0 Å². The monoisotopic (exact) mass is 626 g/mol. The summed E-state index contributed by atoms with van der Waals surface area (Å²) in [5.74, 6) is 1.33. The molecule has 0 heterocycles. The Morgan fingerprint density at radius 1 is 0.536 bits per heavy atom. The molecule has 0 saturated carbocycles. The van der Waals surface area contributed by atoms with Crippen LogP contribution < -0.4 is 9.47 Å². The molecule has 2 N–H and O–H groups in total. The normalized spacial score (nSPS) is 11.0. The van der Waals surface area contributed by atoms with E-state index in [1.807, 2.05) is 12.1 Å². The van der Waals surface area contributed by atoms with Gasteiger partial charge < -0.3 is 38.6 Å². The van der Waals surface area contributed by atoms with Crippen LogP contribution >= 0.6 is 45.2 Å². The van der Waals surface area contributed by atoms with Gasteiger partial charge in [-0.25, -0.2) is 0 Å². The molecule has 1 aromatic carbocycles. The lowest BCUT2D eigenvalue weighted by atomic mass is 10.3. The van der Waals surface area contributed by atoms with Crippen molar-refractivity contribution in [2.24, 2.45) is 0 Å². The Morgan fingerprint density at radius 3 is 1.21 bits per heavy atom. The summed E-state index contributed by atoms with van der Waals surface area (Å²) >= 11 is 4.51. The molecule has 162 valence electrons. The molecule has 0 aromatic heterocycles. The molecule has 0 amide bonds. The third-order valence-electron chi connectivity index (χ3n) is 3.17. The second-order valence-electron chi connectivity index (χ2n) is 5.31. The van der Waals surface area contributed by atoms with Crippen LogP contribution in [0, 0.1) is 7.14 Å². The van der Waals surface area contributed by atoms with Gasteiger partial charge in [0.1, 0.15) is 13.2 Å². The van der Waals surface area contributed by atoms with E-state index in [4.69, 9.17) is 38.6 Å². The molecule has 0 aliphatic carbocycles. The van der Waals surface area contributed by atoms with E-state index in [1.54, 1.807) is 0 Å². The Bertz CT molecular complexity index is 474. The summed E-state index contributed by atoms with van der Waals surface area (Å²) < 4.78 is 34.8. The minimum absolute atomic E-state index is 0.0138. The van der Waals surface area contributed by atoms with Gasteiger partial charge in [0, 0.05) is 7.14 Å². The van der Waals surface area contributed by atoms with Gasteiger partial charge >= 0.3 is 0 Å². The first kappa shape index (κ1) is 26.1. The smallest absolute Gasteiger partial charge is 0.162 e. The van der Waals surface area contributed by atoms with Crippen molar-refractivity contribution in [2.75, 3.05) is 79.3 Å². The summed E-state index contributed by atoms with van der Waals surface area (Å²) in [5.41, 5.74) is 0. The van der Waals surface area contributed by atoms with Crippen molar-refractivity contribution in [1.29, 1.82) is 0 Å². The summed E-state index contributed by atoms with van der Waals surface area (Å²) in [6, 6.07) is 3.87. The summed E-state index contributed by atoms with van der Waals surface area (Å²) in [7, 11) is 0. The maximum atomic E-state index is 8.62. The highest BCUT2D eigenvalue weighted by Crippen LogP contribution is 2.32. The summed E-state index contributed by atoms with van der Waals surface area (Å²) in [5, 5.41) is 17.2. The summed E-state index contributed by atoms with van der Waals surface area (Å²) in [6.45, 7) is 4.12. The molecule has 8 nitrogen and oxygen atoms in total. The summed E-state index contributed by atoms with van der Waals surface area (Å²) in [4.78, 5) is 0. The van der Waals surface area contributed by atoms with E-state index >= 15 is 0 Å². The number of aliphatic hydroxyl groups excluding tert-OH is 2. The Labute approximate surface area is 193 Å². The standard InChI is InChI=1S/C18H28I2O8/c19-15-13-17(27-11-9-25-7-5-23-3-1-21)18(14-16(15)20)28-12-10-26-8-6-24-4-2-22/h13-14,21-22H,1-12H2. The number of hydrogen-bond donors (Lipinski definition) is 2. The van der Waals surface area contributed by atoms with Crippen molar-refractivity contribution in [3.05, 3.63) is 19.3 Å². The lowest BCUT2D eigenvalue weighted by Crippen LogP contribution is -2.14. The lowest BCUT2D eigenvalue weighted by Gasteiger charge is -2.14. The molecule has 0 bridgehead atoms. The first-order valence-electron chi connectivity index (χ1n) is 8.96. The van der Waals surface area contributed by atoms with E-state index in [-0.39, 0.29) is 13.2 Å². The molecular formula is C18H28I2O8. The molecule has 10 heteroatoms. The van der Waals surface area contributed by atoms with Crippen molar-refractivity contribution in [3.63, 3.8) is 0 Å². The molecule has 0 aliphatic rings. The quantitative estimate of drug-likeness (QED) is 0.188. The fourth-order valence-corrected chi connectivity index (χ4v) is 2.81. The van der Waals surface area contributed by atoms with Crippen molar-refractivity contribution in [1.82, 2.24) is 0 Å². The van der Waals surface area contributed by atoms with Crippen molar-refractivity contribution in [3.8, 4) is 11.5 Å². The molecule has 0 radical (unpaired) electrons. The van der Waals surface area contributed by atoms with E-state index < -0.39 is 0 Å². The SMILES string of the molecule is OCCOCCOCCOc1cc(I)c(I)cc1OCCOCCOCCO. The van der Waals surface area contributed by atoms with Crippen LogP contribution in [0.1, 0.15) is 0 Å². The second kappa shape index (κ2) is 17.9. The predicted octanol–water partition coefficient (Wildman–Crippen LogP) is 1.70. The van der Waals surface area contributed by atoms with Gasteiger partial charge in [0.15, 0.2) is 11.5 Å². The van der Waals surface area contributed by atoms with Crippen LogP contribution in [0.3, 0.4) is 0 Å². The molecule has 0 aliphatic heterocycles.